The molecule has 2 aromatic carbocycles. The highest BCUT2D eigenvalue weighted by atomic mass is 17.2. The number of nitrogens with zero attached hydrogens (tertiary/aromatic N) is 2. The van der Waals surface area contributed by atoms with Crippen LogP contribution in [-0.2, 0) is 11.5 Å². The van der Waals surface area contributed by atoms with Gasteiger partial charge in [0.15, 0.2) is 5.75 Å². The molecule has 0 radical (unpaired) electrons. The van der Waals surface area contributed by atoms with Crippen molar-refractivity contribution >= 4 is 11.4 Å². The van der Waals surface area contributed by atoms with Gasteiger partial charge in [0.05, 0.1) is 0 Å². The zero-order valence-electron chi connectivity index (χ0n) is 13.8. The lowest BCUT2D eigenvalue weighted by molar-refractivity contribution is -0.194. The average Bonchev–Trinajstić information content (AvgIpc) is 3.11. The van der Waals surface area contributed by atoms with Gasteiger partial charge < -0.3 is 15.1 Å². The Kier molecular flexibility index (Phi) is 4.53. The number of anilines is 2. The van der Waals surface area contributed by atoms with E-state index in [0.717, 1.165) is 56.3 Å². The van der Waals surface area contributed by atoms with Gasteiger partial charge >= 0.3 is 0 Å². The zero-order chi connectivity index (χ0) is 16.2. The number of nitrogens with one attached hydrogen (secondary N) is 1. The SMILES string of the molecule is c1ccc(N2CCN(CCNc3ccc4c(c3)OOC4)CC2)cc1. The van der Waals surface area contributed by atoms with E-state index in [-0.39, 0.29) is 0 Å². The lowest BCUT2D eigenvalue weighted by Crippen LogP contribution is -2.47. The number of hydrogen-bond donors (Lipinski definition) is 1. The molecule has 0 spiro atoms. The third-order valence-corrected chi connectivity index (χ3v) is 4.68. The largest absolute Gasteiger partial charge is 0.384 e. The van der Waals surface area contributed by atoms with Crippen LogP contribution in [0, 0.1) is 0 Å². The molecule has 4 rings (SSSR count). The molecule has 1 saturated heterocycles. The van der Waals surface area contributed by atoms with E-state index in [0.29, 0.717) is 6.61 Å². The van der Waals surface area contributed by atoms with Crippen molar-refractivity contribution in [3.63, 3.8) is 0 Å². The van der Waals surface area contributed by atoms with Gasteiger partial charge in [-0.25, -0.2) is 0 Å². The molecule has 2 aliphatic heterocycles. The second kappa shape index (κ2) is 7.11. The fraction of sp³-hybridized carbons (Fsp3) is 0.368. The van der Waals surface area contributed by atoms with Crippen molar-refractivity contribution in [1.82, 2.24) is 4.90 Å². The fourth-order valence-corrected chi connectivity index (χ4v) is 3.24. The van der Waals surface area contributed by atoms with E-state index in [2.05, 4.69) is 57.6 Å². The standard InChI is InChI=1S/C19H23N3O2/c1-2-4-18(5-3-1)22-12-10-21(11-13-22)9-8-20-17-7-6-16-15-23-24-19(16)14-17/h1-7,14,20H,8-13,15H2. The van der Waals surface area contributed by atoms with Crippen LogP contribution in [0.2, 0.25) is 0 Å². The van der Waals surface area contributed by atoms with Crippen LogP contribution in [0.25, 0.3) is 0 Å². The summed E-state index contributed by atoms with van der Waals surface area (Å²) in [6, 6.07) is 16.8. The molecule has 126 valence electrons. The zero-order valence-corrected chi connectivity index (χ0v) is 13.8. The second-order valence-electron chi connectivity index (χ2n) is 6.26. The Balaban J connectivity index is 1.22. The maximum absolute atomic E-state index is 5.13. The first kappa shape index (κ1) is 15.3. The van der Waals surface area contributed by atoms with Crippen molar-refractivity contribution in [3.8, 4) is 5.75 Å². The minimum atomic E-state index is 0.543. The van der Waals surface area contributed by atoms with Crippen LogP contribution in [0.3, 0.4) is 0 Å². The maximum atomic E-state index is 5.13. The summed E-state index contributed by atoms with van der Waals surface area (Å²) < 4.78 is 0. The molecule has 0 atom stereocenters. The number of piperazine rings is 1. The van der Waals surface area contributed by atoms with Crippen LogP contribution < -0.4 is 15.1 Å². The van der Waals surface area contributed by atoms with Crippen LogP contribution in [0.4, 0.5) is 11.4 Å². The van der Waals surface area contributed by atoms with Gasteiger partial charge in [-0.1, -0.05) is 24.3 Å². The highest BCUT2D eigenvalue weighted by Crippen LogP contribution is 2.28. The van der Waals surface area contributed by atoms with Crippen LogP contribution in [0.15, 0.2) is 48.5 Å². The lowest BCUT2D eigenvalue weighted by atomic mass is 10.2. The Bertz CT molecular complexity index is 670. The van der Waals surface area contributed by atoms with Crippen LogP contribution in [0.1, 0.15) is 5.56 Å². The number of para-hydroxylation sites is 1. The molecule has 5 nitrogen and oxygen atoms in total. The summed E-state index contributed by atoms with van der Waals surface area (Å²) in [6.07, 6.45) is 0. The Labute approximate surface area is 142 Å². The molecule has 0 aromatic heterocycles. The molecule has 2 heterocycles. The maximum Gasteiger partial charge on any atom is 0.173 e. The Morgan fingerprint density at radius 2 is 1.79 bits per heavy atom. The lowest BCUT2D eigenvalue weighted by Gasteiger charge is -2.36. The number of hydrogen-bond acceptors (Lipinski definition) is 5. The molecule has 2 aliphatic rings. The van der Waals surface area contributed by atoms with Crippen molar-refractivity contribution in [2.24, 2.45) is 0 Å². The Hall–Kier alpha value is -2.24. The van der Waals surface area contributed by atoms with Crippen molar-refractivity contribution in [2.45, 2.75) is 6.61 Å². The van der Waals surface area contributed by atoms with Crippen molar-refractivity contribution in [2.75, 3.05) is 49.5 Å². The van der Waals surface area contributed by atoms with E-state index in [4.69, 9.17) is 9.78 Å². The molecular weight excluding hydrogens is 302 g/mol. The van der Waals surface area contributed by atoms with Crippen LogP contribution in [-0.4, -0.2) is 44.2 Å². The van der Waals surface area contributed by atoms with Crippen molar-refractivity contribution in [3.05, 3.63) is 54.1 Å². The van der Waals surface area contributed by atoms with Gasteiger partial charge in [-0.2, -0.15) is 4.89 Å². The molecule has 24 heavy (non-hydrogen) atoms. The van der Waals surface area contributed by atoms with E-state index in [1.54, 1.807) is 0 Å². The summed E-state index contributed by atoms with van der Waals surface area (Å²) in [5.41, 5.74) is 3.52. The van der Waals surface area contributed by atoms with E-state index in [9.17, 15) is 0 Å². The molecule has 0 aliphatic carbocycles. The molecule has 0 unspecified atom stereocenters. The molecule has 0 bridgehead atoms. The third-order valence-electron chi connectivity index (χ3n) is 4.68. The topological polar surface area (TPSA) is 37.0 Å². The van der Waals surface area contributed by atoms with E-state index in [1.165, 1.54) is 5.69 Å². The third kappa shape index (κ3) is 3.47. The first-order chi connectivity index (χ1) is 11.9. The van der Waals surface area contributed by atoms with Crippen molar-refractivity contribution in [1.29, 1.82) is 0 Å². The van der Waals surface area contributed by atoms with Crippen molar-refractivity contribution < 1.29 is 9.78 Å². The smallest absolute Gasteiger partial charge is 0.173 e. The van der Waals surface area contributed by atoms with Gasteiger partial charge in [-0.05, 0) is 18.2 Å². The number of benzene rings is 2. The van der Waals surface area contributed by atoms with Crippen LogP contribution >= 0.6 is 0 Å². The van der Waals surface area contributed by atoms with Crippen LogP contribution in [0.5, 0.6) is 5.75 Å². The minimum absolute atomic E-state index is 0.543. The van der Waals surface area contributed by atoms with Gasteiger partial charge in [0.2, 0.25) is 0 Å². The quantitative estimate of drug-likeness (QED) is 0.856. The Morgan fingerprint density at radius 1 is 0.958 bits per heavy atom. The summed E-state index contributed by atoms with van der Waals surface area (Å²) in [6.45, 7) is 6.93. The summed E-state index contributed by atoms with van der Waals surface area (Å²) in [4.78, 5) is 15.1. The van der Waals surface area contributed by atoms with Gasteiger partial charge in [0.25, 0.3) is 0 Å². The molecule has 2 aromatic rings. The summed E-state index contributed by atoms with van der Waals surface area (Å²) in [5.74, 6) is 0.830. The summed E-state index contributed by atoms with van der Waals surface area (Å²) in [7, 11) is 0. The van der Waals surface area contributed by atoms with Gasteiger partial charge in [-0.3, -0.25) is 4.90 Å². The van der Waals surface area contributed by atoms with E-state index in [1.807, 2.05) is 6.07 Å². The molecule has 0 amide bonds. The number of rotatable bonds is 5. The molecule has 0 saturated carbocycles. The fourth-order valence-electron chi connectivity index (χ4n) is 3.24. The monoisotopic (exact) mass is 325 g/mol. The summed E-state index contributed by atoms with van der Waals surface area (Å²) in [5, 5.41) is 3.47. The highest BCUT2D eigenvalue weighted by Gasteiger charge is 2.17. The van der Waals surface area contributed by atoms with Gasteiger partial charge in [0, 0.05) is 62.3 Å². The Morgan fingerprint density at radius 3 is 2.62 bits per heavy atom. The van der Waals surface area contributed by atoms with Gasteiger partial charge in [0.1, 0.15) is 6.61 Å². The van der Waals surface area contributed by atoms with E-state index >= 15 is 0 Å². The number of fused-ring (bicyclic) bond motifs is 1. The first-order valence-electron chi connectivity index (χ1n) is 8.57. The van der Waals surface area contributed by atoms with Gasteiger partial charge in [-0.15, -0.1) is 0 Å². The molecule has 5 heteroatoms. The molecule has 1 N–H and O–H groups in total. The van der Waals surface area contributed by atoms with E-state index < -0.39 is 0 Å². The average molecular weight is 325 g/mol. The molecule has 1 fully saturated rings. The predicted octanol–water partition coefficient (Wildman–Crippen LogP) is 2.74. The first-order valence-corrected chi connectivity index (χ1v) is 8.57. The second-order valence-corrected chi connectivity index (χ2v) is 6.26. The predicted molar refractivity (Wildman–Crippen MR) is 95.4 cm³/mol. The highest BCUT2D eigenvalue weighted by molar-refractivity contribution is 5.52. The summed E-state index contributed by atoms with van der Waals surface area (Å²) >= 11 is 0. The molecular formula is C19H23N3O2. The minimum Gasteiger partial charge on any atom is -0.384 e. The normalized spacial score (nSPS) is 17.4.